The Bertz CT molecular complexity index is 537. The summed E-state index contributed by atoms with van der Waals surface area (Å²) < 4.78 is 0. The minimum Gasteiger partial charge on any atom is -0.323 e. The van der Waals surface area contributed by atoms with E-state index in [1.807, 2.05) is 0 Å². The van der Waals surface area contributed by atoms with Crippen LogP contribution in [0.25, 0.3) is 0 Å². The van der Waals surface area contributed by atoms with Crippen LogP contribution in [0.4, 0.5) is 5.69 Å². The van der Waals surface area contributed by atoms with E-state index in [4.69, 9.17) is 5.73 Å². The second-order valence-corrected chi connectivity index (χ2v) is 6.13. The Morgan fingerprint density at radius 1 is 1.42 bits per heavy atom. The molecule has 6 heteroatoms. The number of nitrogens with two attached hydrogens (primary N) is 1. The van der Waals surface area contributed by atoms with Crippen molar-refractivity contribution in [3.05, 3.63) is 51.3 Å². The maximum absolute atomic E-state index is 10.6. The number of allylic oxidation sites excluding steroid dienone is 1. The fourth-order valence-corrected chi connectivity index (χ4v) is 3.65. The van der Waals surface area contributed by atoms with E-state index in [0.29, 0.717) is 6.42 Å². The zero-order chi connectivity index (χ0) is 13.8. The second-order valence-electron chi connectivity index (χ2n) is 4.59. The summed E-state index contributed by atoms with van der Waals surface area (Å²) >= 11 is 0. The molecule has 0 aromatic heterocycles. The number of nitro groups is 1. The Hall–Kier alpha value is -1.79. The molecule has 1 heterocycles. The third-order valence-electron chi connectivity index (χ3n) is 3.23. The topological polar surface area (TPSA) is 81.5 Å². The van der Waals surface area contributed by atoms with Crippen molar-refractivity contribution < 1.29 is 4.92 Å². The van der Waals surface area contributed by atoms with Gasteiger partial charge in [0.2, 0.25) is 0 Å². The van der Waals surface area contributed by atoms with Crippen LogP contribution in [0.1, 0.15) is 18.9 Å². The molecule has 0 saturated heterocycles. The number of hydrogen-bond acceptors (Lipinski definition) is 4. The summed E-state index contributed by atoms with van der Waals surface area (Å²) in [6.45, 7) is 2.09. The Kier molecular flexibility index (Phi) is 4.23. The maximum Gasteiger partial charge on any atom is 0.269 e. The van der Waals surface area contributed by atoms with Gasteiger partial charge in [0.1, 0.15) is 9.52 Å². The van der Waals surface area contributed by atoms with Gasteiger partial charge in [0.15, 0.2) is 0 Å². The van der Waals surface area contributed by atoms with Gasteiger partial charge in [-0.1, -0.05) is 24.8 Å². The van der Waals surface area contributed by atoms with Crippen molar-refractivity contribution in [2.75, 3.05) is 0 Å². The van der Waals surface area contributed by atoms with Gasteiger partial charge in [0.05, 0.1) is 4.92 Å². The molecule has 2 N–H and O–H groups in total. The molecule has 1 aliphatic heterocycles. The molecular weight excluding hydrogens is 258 g/mol. The average molecular weight is 275 g/mol. The summed E-state index contributed by atoms with van der Waals surface area (Å²) in [6.07, 6.45) is 1.65. The van der Waals surface area contributed by atoms with Gasteiger partial charge in [-0.15, -0.1) is 0 Å². The van der Waals surface area contributed by atoms with Gasteiger partial charge in [-0.2, -0.15) is 0 Å². The van der Waals surface area contributed by atoms with Crippen molar-refractivity contribution in [2.45, 2.75) is 25.8 Å². The van der Waals surface area contributed by atoms with Crippen molar-refractivity contribution in [3.8, 4) is 0 Å². The summed E-state index contributed by atoms with van der Waals surface area (Å²) in [5.74, 6) is 0. The molecule has 0 bridgehead atoms. The first-order chi connectivity index (χ1) is 9.10. The van der Waals surface area contributed by atoms with E-state index in [9.17, 15) is 10.1 Å². The molecular formula is C13H17N3O2Si. The molecule has 1 aromatic rings. The van der Waals surface area contributed by atoms with Crippen molar-refractivity contribution in [2.24, 2.45) is 10.7 Å². The first kappa shape index (κ1) is 13.6. The number of aliphatic imine (C=N–C) groups is 1. The molecule has 0 saturated carbocycles. The largest absolute Gasteiger partial charge is 0.323 e. The lowest BCUT2D eigenvalue weighted by atomic mass is 10.1. The molecule has 1 aromatic carbocycles. The number of non-ortho nitro benzene ring substituents is 1. The molecule has 0 spiro atoms. The monoisotopic (exact) mass is 275 g/mol. The molecule has 0 amide bonds. The van der Waals surface area contributed by atoms with E-state index in [2.05, 4.69) is 17.6 Å². The third-order valence-corrected chi connectivity index (χ3v) is 5.00. The molecule has 0 fully saturated rings. The number of nitrogens with zero attached hydrogens (tertiary/aromatic N) is 2. The third kappa shape index (κ3) is 3.36. The van der Waals surface area contributed by atoms with Gasteiger partial charge < -0.3 is 5.73 Å². The predicted octanol–water partition coefficient (Wildman–Crippen LogP) is 1.30. The van der Waals surface area contributed by atoms with Crippen LogP contribution in [0.2, 0.25) is 0 Å². The lowest BCUT2D eigenvalue weighted by molar-refractivity contribution is -0.384. The van der Waals surface area contributed by atoms with Crippen LogP contribution in [-0.2, 0) is 6.42 Å². The minimum absolute atomic E-state index is 0.0616. The van der Waals surface area contributed by atoms with Crippen LogP contribution < -0.4 is 5.73 Å². The van der Waals surface area contributed by atoms with E-state index in [0.717, 1.165) is 23.0 Å². The molecule has 100 valence electrons. The normalized spacial score (nSPS) is 17.2. The first-order valence-electron chi connectivity index (χ1n) is 6.35. The number of rotatable bonds is 5. The van der Waals surface area contributed by atoms with Crippen LogP contribution in [0.5, 0.6) is 0 Å². The Balaban J connectivity index is 2.00. The van der Waals surface area contributed by atoms with Crippen LogP contribution in [0.3, 0.4) is 0 Å². The first-order valence-corrected chi connectivity index (χ1v) is 7.88. The summed E-state index contributed by atoms with van der Waals surface area (Å²) in [7, 11) is -0.431. The molecule has 2 rings (SSSR count). The lowest BCUT2D eigenvalue weighted by Gasteiger charge is -2.11. The predicted molar refractivity (Wildman–Crippen MR) is 79.1 cm³/mol. The van der Waals surface area contributed by atoms with Crippen LogP contribution in [0, 0.1) is 10.1 Å². The smallest absolute Gasteiger partial charge is 0.269 e. The van der Waals surface area contributed by atoms with Crippen molar-refractivity contribution in [1.82, 2.24) is 0 Å². The molecule has 5 nitrogen and oxygen atoms in total. The van der Waals surface area contributed by atoms with E-state index < -0.39 is 14.4 Å². The Labute approximate surface area is 114 Å². The molecule has 1 aliphatic rings. The van der Waals surface area contributed by atoms with Crippen molar-refractivity contribution >= 4 is 20.5 Å². The molecule has 0 aliphatic carbocycles. The number of benzene rings is 1. The highest BCUT2D eigenvalue weighted by molar-refractivity contribution is 6.81. The Morgan fingerprint density at radius 3 is 2.63 bits per heavy atom. The fraction of sp³-hybridized carbons (Fsp3) is 0.308. The summed E-state index contributed by atoms with van der Waals surface area (Å²) in [6, 6.07) is 6.51. The lowest BCUT2D eigenvalue weighted by Crippen LogP contribution is -2.34. The van der Waals surface area contributed by atoms with E-state index in [-0.39, 0.29) is 11.7 Å². The molecule has 19 heavy (non-hydrogen) atoms. The molecule has 1 atom stereocenters. The van der Waals surface area contributed by atoms with E-state index >= 15 is 0 Å². The van der Waals surface area contributed by atoms with Gasteiger partial charge in [0.25, 0.3) is 5.69 Å². The van der Waals surface area contributed by atoms with Crippen LogP contribution in [-0.4, -0.2) is 25.8 Å². The van der Waals surface area contributed by atoms with Gasteiger partial charge >= 0.3 is 0 Å². The fourth-order valence-electron chi connectivity index (χ4n) is 2.08. The highest BCUT2D eigenvalue weighted by atomic mass is 28.2. The SMILES string of the molecule is CCC1=C[SiH2]C([C@@H](N)Cc2ccc([N+](=O)[O-])cc2)=N1. The van der Waals surface area contributed by atoms with Crippen LogP contribution in [0.15, 0.2) is 40.7 Å². The van der Waals surface area contributed by atoms with E-state index in [1.54, 1.807) is 12.1 Å². The van der Waals surface area contributed by atoms with Gasteiger partial charge in [-0.05, 0) is 18.4 Å². The highest BCUT2D eigenvalue weighted by Gasteiger charge is 2.16. The standard InChI is InChI=1S/C13H17N3O2Si/c1-2-10-8-19-13(15-10)12(14)7-9-3-5-11(6-4-9)16(17)18/h3-6,8,12H,2,7,14,19H2,1H3/t12-/m0/s1. The minimum atomic E-state index is -0.431. The highest BCUT2D eigenvalue weighted by Crippen LogP contribution is 2.15. The summed E-state index contributed by atoms with van der Waals surface area (Å²) in [5.41, 5.74) is 10.7. The number of nitro benzene ring substituents is 1. The summed E-state index contributed by atoms with van der Waals surface area (Å²) in [4.78, 5) is 14.7. The van der Waals surface area contributed by atoms with Crippen molar-refractivity contribution in [1.29, 1.82) is 0 Å². The van der Waals surface area contributed by atoms with E-state index in [1.165, 1.54) is 12.1 Å². The summed E-state index contributed by atoms with van der Waals surface area (Å²) in [5, 5.41) is 11.7. The average Bonchev–Trinajstić information content (AvgIpc) is 2.88. The quantitative estimate of drug-likeness (QED) is 0.499. The zero-order valence-corrected chi connectivity index (χ0v) is 12.3. The zero-order valence-electron chi connectivity index (χ0n) is 10.9. The van der Waals surface area contributed by atoms with Crippen molar-refractivity contribution in [3.63, 3.8) is 0 Å². The second kappa shape index (κ2) is 5.90. The van der Waals surface area contributed by atoms with Crippen LogP contribution >= 0.6 is 0 Å². The van der Waals surface area contributed by atoms with Gasteiger partial charge in [0, 0.05) is 29.2 Å². The number of hydrogen-bond donors (Lipinski definition) is 1. The van der Waals surface area contributed by atoms with Gasteiger partial charge in [-0.3, -0.25) is 15.1 Å². The molecule has 0 radical (unpaired) electrons. The maximum atomic E-state index is 10.6. The Morgan fingerprint density at radius 2 is 2.11 bits per heavy atom. The van der Waals surface area contributed by atoms with Gasteiger partial charge in [-0.25, -0.2) is 0 Å². The molecule has 0 unspecified atom stereocenters.